The van der Waals surface area contributed by atoms with Crippen molar-refractivity contribution in [1.29, 1.82) is 0 Å². The van der Waals surface area contributed by atoms with Crippen LogP contribution in [0.5, 0.6) is 5.75 Å². The lowest BCUT2D eigenvalue weighted by Crippen LogP contribution is -2.47. The molecule has 3 rings (SSSR count). The number of carbonyl (C=O) groups is 1. The molecule has 32 heavy (non-hydrogen) atoms. The lowest BCUT2D eigenvalue weighted by atomic mass is 9.95. The van der Waals surface area contributed by atoms with Gasteiger partial charge in [-0.3, -0.25) is 4.79 Å². The molecule has 1 aliphatic rings. The Morgan fingerprint density at radius 3 is 2.47 bits per heavy atom. The molecule has 0 unspecified atom stereocenters. The molecule has 0 aromatic heterocycles. The van der Waals surface area contributed by atoms with E-state index < -0.39 is 21.7 Å². The van der Waals surface area contributed by atoms with Crippen molar-refractivity contribution in [3.63, 3.8) is 0 Å². The van der Waals surface area contributed by atoms with Crippen molar-refractivity contribution in [2.24, 2.45) is 0 Å². The standard InChI is InChI=1S/C23H28ClFN2O4S/c1-26(15-17-8-6-7-11-21(17)25)23(28)16-27(18-9-4-3-5-10-18)32(29,30)19-12-13-22(31-2)20(24)14-19/h6-8,11-14,18H,3-5,9-10,15-16H2,1-2H3. The number of rotatable bonds is 8. The third kappa shape index (κ3) is 5.60. The van der Waals surface area contributed by atoms with Crippen LogP contribution in [0, 0.1) is 5.82 Å². The van der Waals surface area contributed by atoms with Crippen molar-refractivity contribution in [2.75, 3.05) is 20.7 Å². The van der Waals surface area contributed by atoms with Crippen LogP contribution < -0.4 is 4.74 Å². The van der Waals surface area contributed by atoms with Gasteiger partial charge in [-0.05, 0) is 37.1 Å². The number of hydrogen-bond acceptors (Lipinski definition) is 4. The Kier molecular flexibility index (Phi) is 8.14. The minimum atomic E-state index is -3.99. The average molecular weight is 483 g/mol. The fourth-order valence-electron chi connectivity index (χ4n) is 3.95. The van der Waals surface area contributed by atoms with Crippen molar-refractivity contribution < 1.29 is 22.3 Å². The quantitative estimate of drug-likeness (QED) is 0.556. The fourth-order valence-corrected chi connectivity index (χ4v) is 5.93. The molecule has 0 aliphatic heterocycles. The number of likely N-dealkylation sites (N-methyl/N-ethyl adjacent to an activating group) is 1. The highest BCUT2D eigenvalue weighted by Crippen LogP contribution is 2.32. The highest BCUT2D eigenvalue weighted by molar-refractivity contribution is 7.89. The first kappa shape index (κ1) is 24.5. The second-order valence-electron chi connectivity index (χ2n) is 7.98. The third-order valence-electron chi connectivity index (χ3n) is 5.79. The number of methoxy groups -OCH3 is 1. The summed E-state index contributed by atoms with van der Waals surface area (Å²) in [5.74, 6) is -0.436. The van der Waals surface area contributed by atoms with Crippen LogP contribution in [0.2, 0.25) is 5.02 Å². The second kappa shape index (κ2) is 10.6. The van der Waals surface area contributed by atoms with Gasteiger partial charge < -0.3 is 9.64 Å². The molecule has 0 saturated heterocycles. The molecule has 9 heteroatoms. The summed E-state index contributed by atoms with van der Waals surface area (Å²) in [6.45, 7) is -0.264. The first-order chi connectivity index (χ1) is 15.2. The van der Waals surface area contributed by atoms with Crippen molar-refractivity contribution in [1.82, 2.24) is 9.21 Å². The van der Waals surface area contributed by atoms with E-state index in [1.54, 1.807) is 25.2 Å². The van der Waals surface area contributed by atoms with Gasteiger partial charge >= 0.3 is 0 Å². The summed E-state index contributed by atoms with van der Waals surface area (Å²) in [7, 11) is -0.988. The number of sulfonamides is 1. The zero-order chi connectivity index (χ0) is 23.3. The van der Waals surface area contributed by atoms with E-state index in [2.05, 4.69) is 0 Å². The number of carbonyl (C=O) groups excluding carboxylic acids is 1. The molecule has 0 N–H and O–H groups in total. The second-order valence-corrected chi connectivity index (χ2v) is 10.3. The molecule has 1 saturated carbocycles. The van der Waals surface area contributed by atoms with Gasteiger partial charge in [0.1, 0.15) is 11.6 Å². The Bertz CT molecular complexity index is 1060. The van der Waals surface area contributed by atoms with Crippen molar-refractivity contribution in [3.05, 3.63) is 58.9 Å². The third-order valence-corrected chi connectivity index (χ3v) is 7.98. The highest BCUT2D eigenvalue weighted by Gasteiger charge is 2.35. The molecule has 1 fully saturated rings. The van der Waals surface area contributed by atoms with Crippen molar-refractivity contribution in [3.8, 4) is 5.75 Å². The van der Waals surface area contributed by atoms with Gasteiger partial charge in [0.15, 0.2) is 0 Å². The molecule has 1 aliphatic carbocycles. The Labute approximate surface area is 194 Å². The van der Waals surface area contributed by atoms with E-state index >= 15 is 0 Å². The lowest BCUT2D eigenvalue weighted by Gasteiger charge is -2.34. The van der Waals surface area contributed by atoms with Gasteiger partial charge in [0, 0.05) is 25.2 Å². The van der Waals surface area contributed by atoms with Crippen LogP contribution in [0.15, 0.2) is 47.4 Å². The topological polar surface area (TPSA) is 66.9 Å². The molecule has 2 aromatic carbocycles. The summed E-state index contributed by atoms with van der Waals surface area (Å²) in [5, 5.41) is 0.181. The summed E-state index contributed by atoms with van der Waals surface area (Å²) >= 11 is 6.17. The summed E-state index contributed by atoms with van der Waals surface area (Å²) in [4.78, 5) is 14.4. The summed E-state index contributed by atoms with van der Waals surface area (Å²) in [5.41, 5.74) is 0.373. The normalized spacial score (nSPS) is 15.0. The minimum absolute atomic E-state index is 0.0124. The summed E-state index contributed by atoms with van der Waals surface area (Å²) in [6, 6.07) is 10.2. The maximum absolute atomic E-state index is 14.0. The molecule has 0 bridgehead atoms. The van der Waals surface area contributed by atoms with Gasteiger partial charge in [-0.15, -0.1) is 0 Å². The van der Waals surface area contributed by atoms with E-state index in [0.29, 0.717) is 24.2 Å². The Balaban J connectivity index is 1.86. The van der Waals surface area contributed by atoms with Crippen LogP contribution in [-0.2, 0) is 21.4 Å². The molecule has 2 aromatic rings. The smallest absolute Gasteiger partial charge is 0.243 e. The first-order valence-electron chi connectivity index (χ1n) is 10.6. The summed E-state index contributed by atoms with van der Waals surface area (Å²) < 4.78 is 47.5. The van der Waals surface area contributed by atoms with Gasteiger partial charge in [-0.1, -0.05) is 49.1 Å². The Morgan fingerprint density at radius 1 is 1.16 bits per heavy atom. The van der Waals surface area contributed by atoms with Crippen LogP contribution in [-0.4, -0.2) is 50.3 Å². The molecular weight excluding hydrogens is 455 g/mol. The molecule has 0 heterocycles. The number of hydrogen-bond donors (Lipinski definition) is 0. The average Bonchev–Trinajstić information content (AvgIpc) is 2.79. The molecule has 1 amide bonds. The van der Waals surface area contributed by atoms with Crippen LogP contribution in [0.1, 0.15) is 37.7 Å². The van der Waals surface area contributed by atoms with E-state index in [1.165, 1.54) is 40.6 Å². The zero-order valence-corrected chi connectivity index (χ0v) is 19.8. The van der Waals surface area contributed by atoms with Gasteiger partial charge in [0.05, 0.1) is 23.6 Å². The van der Waals surface area contributed by atoms with Gasteiger partial charge in [-0.2, -0.15) is 4.31 Å². The van der Waals surface area contributed by atoms with Crippen molar-refractivity contribution >= 4 is 27.5 Å². The maximum Gasteiger partial charge on any atom is 0.243 e. The SMILES string of the molecule is COc1ccc(S(=O)(=O)N(CC(=O)N(C)Cc2ccccc2F)C2CCCCC2)cc1Cl. The van der Waals surface area contributed by atoms with Crippen molar-refractivity contribution in [2.45, 2.75) is 49.6 Å². The number of nitrogens with zero attached hydrogens (tertiary/aromatic N) is 2. The molecule has 0 radical (unpaired) electrons. The molecular formula is C23H28ClFN2O4S. The monoisotopic (exact) mass is 482 g/mol. The van der Waals surface area contributed by atoms with Crippen LogP contribution in [0.4, 0.5) is 4.39 Å². The number of ether oxygens (including phenoxy) is 1. The van der Waals surface area contributed by atoms with E-state index in [4.69, 9.17) is 16.3 Å². The minimum Gasteiger partial charge on any atom is -0.495 e. The van der Waals surface area contributed by atoms with Gasteiger partial charge in [0.2, 0.25) is 15.9 Å². The molecule has 174 valence electrons. The van der Waals surface area contributed by atoms with Crippen LogP contribution in [0.3, 0.4) is 0 Å². The maximum atomic E-state index is 14.0. The number of benzene rings is 2. The summed E-state index contributed by atoms with van der Waals surface area (Å²) in [6.07, 6.45) is 4.22. The van der Waals surface area contributed by atoms with E-state index in [-0.39, 0.29) is 29.0 Å². The molecule has 6 nitrogen and oxygen atoms in total. The Hall–Kier alpha value is -2.16. The predicted octanol–water partition coefficient (Wildman–Crippen LogP) is 4.47. The van der Waals surface area contributed by atoms with E-state index in [1.807, 2.05) is 0 Å². The Morgan fingerprint density at radius 2 is 1.84 bits per heavy atom. The zero-order valence-electron chi connectivity index (χ0n) is 18.3. The fraction of sp³-hybridized carbons (Fsp3) is 0.435. The van der Waals surface area contributed by atoms with Crippen LogP contribution >= 0.6 is 11.6 Å². The predicted molar refractivity (Wildman–Crippen MR) is 122 cm³/mol. The highest BCUT2D eigenvalue weighted by atomic mass is 35.5. The van der Waals surface area contributed by atoms with Gasteiger partial charge in [0.25, 0.3) is 0 Å². The molecule has 0 spiro atoms. The van der Waals surface area contributed by atoms with Gasteiger partial charge in [-0.25, -0.2) is 12.8 Å². The van der Waals surface area contributed by atoms with E-state index in [9.17, 15) is 17.6 Å². The molecule has 0 atom stereocenters. The largest absolute Gasteiger partial charge is 0.495 e. The number of amides is 1. The first-order valence-corrected chi connectivity index (χ1v) is 12.4. The van der Waals surface area contributed by atoms with Crippen LogP contribution in [0.25, 0.3) is 0 Å². The number of halogens is 2. The lowest BCUT2D eigenvalue weighted by molar-refractivity contribution is -0.131. The van der Waals surface area contributed by atoms with E-state index in [0.717, 1.165) is 19.3 Å².